The molecule has 0 amide bonds. The molecular formula is C36H27NO. The van der Waals surface area contributed by atoms with Gasteiger partial charge < -0.3 is 4.90 Å². The largest absolute Gasteiger partial charge is 0.309 e. The molecule has 38 heavy (non-hydrogen) atoms. The minimum Gasteiger partial charge on any atom is -0.309 e. The molecule has 0 aromatic heterocycles. The molecule has 182 valence electrons. The third-order valence-electron chi connectivity index (χ3n) is 8.82. The van der Waals surface area contributed by atoms with E-state index in [-0.39, 0.29) is 11.2 Å². The fourth-order valence-corrected chi connectivity index (χ4v) is 6.98. The van der Waals surface area contributed by atoms with Crippen molar-refractivity contribution in [2.24, 2.45) is 0 Å². The second-order valence-corrected chi connectivity index (χ2v) is 11.5. The van der Waals surface area contributed by atoms with Crippen LogP contribution in [0.1, 0.15) is 52.0 Å². The van der Waals surface area contributed by atoms with Crippen LogP contribution in [-0.4, -0.2) is 5.78 Å². The number of hydrogen-bond donors (Lipinski definition) is 0. The van der Waals surface area contributed by atoms with Gasteiger partial charge in [-0.2, -0.15) is 0 Å². The normalized spacial score (nSPS) is 15.1. The van der Waals surface area contributed by atoms with Gasteiger partial charge in [-0.1, -0.05) is 97.8 Å². The summed E-state index contributed by atoms with van der Waals surface area (Å²) in [4.78, 5) is 16.2. The summed E-state index contributed by atoms with van der Waals surface area (Å²) >= 11 is 0. The van der Waals surface area contributed by atoms with Gasteiger partial charge in [-0.25, -0.2) is 0 Å². The Balaban J connectivity index is 1.56. The van der Waals surface area contributed by atoms with Crippen molar-refractivity contribution in [3.63, 3.8) is 0 Å². The molecule has 0 atom stereocenters. The molecule has 2 heteroatoms. The summed E-state index contributed by atoms with van der Waals surface area (Å²) in [6, 6.07) is 32.7. The first kappa shape index (κ1) is 21.6. The van der Waals surface area contributed by atoms with Crippen molar-refractivity contribution in [2.75, 3.05) is 4.90 Å². The molecule has 2 aliphatic rings. The SMILES string of the molecule is Cc1ccc2c(c1)C(C)(C)c1cc(C)ccc1N2c1cc2ccc3cccc4c3c2c2c(cccc12)C4=O. The second kappa shape index (κ2) is 7.11. The van der Waals surface area contributed by atoms with Crippen LogP contribution >= 0.6 is 0 Å². The van der Waals surface area contributed by atoms with E-state index in [9.17, 15) is 4.79 Å². The van der Waals surface area contributed by atoms with E-state index in [4.69, 9.17) is 0 Å². The first-order chi connectivity index (χ1) is 18.3. The standard InChI is InChI=1S/C36H27NO/c1-20-11-15-29-27(17-20)36(3,4)28-18-21(2)12-16-30(28)37(29)31-19-23-14-13-22-7-5-9-25-32(22)33(23)34-24(31)8-6-10-26(34)35(25)38/h5-19H,1-4H3. The van der Waals surface area contributed by atoms with Crippen LogP contribution in [0.4, 0.5) is 17.1 Å². The highest BCUT2D eigenvalue weighted by molar-refractivity contribution is 6.38. The Bertz CT molecular complexity index is 1990. The Morgan fingerprint density at radius 3 is 1.87 bits per heavy atom. The minimum absolute atomic E-state index is 0.116. The lowest BCUT2D eigenvalue weighted by atomic mass is 9.72. The average molecular weight is 490 g/mol. The Morgan fingerprint density at radius 1 is 0.579 bits per heavy atom. The van der Waals surface area contributed by atoms with Gasteiger partial charge in [0.15, 0.2) is 5.78 Å². The van der Waals surface area contributed by atoms with Gasteiger partial charge in [0.1, 0.15) is 0 Å². The van der Waals surface area contributed by atoms with Crippen LogP contribution in [0.3, 0.4) is 0 Å². The molecule has 0 unspecified atom stereocenters. The maximum atomic E-state index is 13.8. The van der Waals surface area contributed by atoms with Crippen molar-refractivity contribution in [2.45, 2.75) is 33.1 Å². The number of ketones is 1. The zero-order chi connectivity index (χ0) is 25.9. The Labute approximate surface area is 222 Å². The summed E-state index contributed by atoms with van der Waals surface area (Å²) < 4.78 is 0. The topological polar surface area (TPSA) is 20.3 Å². The van der Waals surface area contributed by atoms with E-state index in [2.05, 4.69) is 99.3 Å². The van der Waals surface area contributed by atoms with Crippen LogP contribution in [-0.2, 0) is 5.41 Å². The summed E-state index contributed by atoms with van der Waals surface area (Å²) in [6.45, 7) is 9.01. The van der Waals surface area contributed by atoms with Gasteiger partial charge in [0, 0.05) is 32.7 Å². The molecule has 0 saturated heterocycles. The van der Waals surface area contributed by atoms with E-state index in [1.54, 1.807) is 0 Å². The first-order valence-corrected chi connectivity index (χ1v) is 13.3. The maximum Gasteiger partial charge on any atom is 0.194 e. The van der Waals surface area contributed by atoms with Gasteiger partial charge in [-0.05, 0) is 59.3 Å². The molecule has 0 saturated carbocycles. The van der Waals surface area contributed by atoms with Crippen LogP contribution in [0.25, 0.3) is 32.3 Å². The van der Waals surface area contributed by atoms with Crippen molar-refractivity contribution >= 4 is 55.2 Å². The lowest BCUT2D eigenvalue weighted by molar-refractivity contribution is 0.104. The number of carbonyl (C=O) groups excluding carboxylic acids is 1. The molecule has 2 nitrogen and oxygen atoms in total. The smallest absolute Gasteiger partial charge is 0.194 e. The van der Waals surface area contributed by atoms with Crippen molar-refractivity contribution in [3.8, 4) is 0 Å². The number of nitrogens with zero attached hydrogens (tertiary/aromatic N) is 1. The van der Waals surface area contributed by atoms with E-state index in [1.807, 2.05) is 24.3 Å². The van der Waals surface area contributed by atoms with Crippen LogP contribution in [0.5, 0.6) is 0 Å². The number of carbonyl (C=O) groups is 1. The fraction of sp³-hybridized carbons (Fsp3) is 0.139. The van der Waals surface area contributed by atoms with Crippen LogP contribution < -0.4 is 4.90 Å². The molecule has 1 aliphatic carbocycles. The number of fused-ring (bicyclic) bond motifs is 2. The lowest BCUT2D eigenvalue weighted by Gasteiger charge is -2.43. The van der Waals surface area contributed by atoms with Gasteiger partial charge in [0.05, 0.1) is 17.1 Å². The molecule has 1 heterocycles. The zero-order valence-electron chi connectivity index (χ0n) is 22.0. The number of rotatable bonds is 1. The molecule has 1 aliphatic heterocycles. The highest BCUT2D eigenvalue weighted by atomic mass is 16.1. The van der Waals surface area contributed by atoms with Crippen molar-refractivity contribution < 1.29 is 4.79 Å². The van der Waals surface area contributed by atoms with Crippen molar-refractivity contribution in [1.82, 2.24) is 0 Å². The van der Waals surface area contributed by atoms with Crippen LogP contribution in [0.15, 0.2) is 91.0 Å². The van der Waals surface area contributed by atoms with Crippen LogP contribution in [0, 0.1) is 13.8 Å². The van der Waals surface area contributed by atoms with E-state index in [1.165, 1.54) is 44.4 Å². The Morgan fingerprint density at radius 2 is 1.18 bits per heavy atom. The van der Waals surface area contributed by atoms with Gasteiger partial charge in [0.25, 0.3) is 0 Å². The first-order valence-electron chi connectivity index (χ1n) is 13.3. The molecular weight excluding hydrogens is 462 g/mol. The predicted octanol–water partition coefficient (Wildman–Crippen LogP) is 9.42. The maximum absolute atomic E-state index is 13.8. The predicted molar refractivity (Wildman–Crippen MR) is 159 cm³/mol. The van der Waals surface area contributed by atoms with Gasteiger partial charge in [0.2, 0.25) is 0 Å². The summed E-state index contributed by atoms with van der Waals surface area (Å²) in [5.41, 5.74) is 10.2. The van der Waals surface area contributed by atoms with Crippen molar-refractivity contribution in [1.29, 1.82) is 0 Å². The minimum atomic E-state index is -0.135. The number of benzene rings is 6. The van der Waals surface area contributed by atoms with E-state index < -0.39 is 0 Å². The summed E-state index contributed by atoms with van der Waals surface area (Å²) in [6.07, 6.45) is 0. The molecule has 0 spiro atoms. The quantitative estimate of drug-likeness (QED) is 0.214. The fourth-order valence-electron chi connectivity index (χ4n) is 6.98. The number of aryl methyl sites for hydroxylation is 2. The molecule has 0 fully saturated rings. The number of hydrogen-bond acceptors (Lipinski definition) is 2. The van der Waals surface area contributed by atoms with Crippen LogP contribution in [0.2, 0.25) is 0 Å². The molecule has 0 bridgehead atoms. The molecule has 8 rings (SSSR count). The Hall–Kier alpha value is -4.43. The van der Waals surface area contributed by atoms with E-state index in [0.29, 0.717) is 0 Å². The summed E-state index contributed by atoms with van der Waals surface area (Å²) in [5, 5.41) is 6.74. The van der Waals surface area contributed by atoms with Gasteiger partial charge >= 0.3 is 0 Å². The lowest BCUT2D eigenvalue weighted by Crippen LogP contribution is -2.31. The number of anilines is 3. The molecule has 0 radical (unpaired) electrons. The molecule has 0 N–H and O–H groups in total. The average Bonchev–Trinajstić information content (AvgIpc) is 2.92. The molecule has 6 aromatic rings. The summed E-state index contributed by atoms with van der Waals surface area (Å²) in [7, 11) is 0. The zero-order valence-corrected chi connectivity index (χ0v) is 22.0. The monoisotopic (exact) mass is 489 g/mol. The Kier molecular flexibility index (Phi) is 4.05. The third-order valence-corrected chi connectivity index (χ3v) is 8.82. The van der Waals surface area contributed by atoms with Crippen molar-refractivity contribution in [3.05, 3.63) is 124 Å². The summed E-state index contributed by atoms with van der Waals surface area (Å²) in [5.74, 6) is 0.116. The van der Waals surface area contributed by atoms with Gasteiger partial charge in [-0.15, -0.1) is 0 Å². The molecule has 6 aromatic carbocycles. The van der Waals surface area contributed by atoms with E-state index >= 15 is 0 Å². The highest BCUT2D eigenvalue weighted by Crippen LogP contribution is 2.55. The van der Waals surface area contributed by atoms with E-state index in [0.717, 1.165) is 38.4 Å². The highest BCUT2D eigenvalue weighted by Gasteiger charge is 2.38. The second-order valence-electron chi connectivity index (χ2n) is 11.5. The van der Waals surface area contributed by atoms with Gasteiger partial charge in [-0.3, -0.25) is 4.79 Å². The third kappa shape index (κ3) is 2.60.